The van der Waals surface area contributed by atoms with Crippen molar-refractivity contribution in [3.63, 3.8) is 0 Å². The van der Waals surface area contributed by atoms with Gasteiger partial charge < -0.3 is 10.4 Å². The maximum atomic E-state index is 13.6. The number of nitrogens with one attached hydrogen (secondary N) is 1. The first-order valence-electron chi connectivity index (χ1n) is 6.10. The van der Waals surface area contributed by atoms with Gasteiger partial charge in [0.05, 0.1) is 11.8 Å². The van der Waals surface area contributed by atoms with Crippen molar-refractivity contribution in [1.29, 1.82) is 0 Å². The summed E-state index contributed by atoms with van der Waals surface area (Å²) < 4.78 is 39.8. The quantitative estimate of drug-likeness (QED) is 0.898. The van der Waals surface area contributed by atoms with Gasteiger partial charge in [-0.1, -0.05) is 12.1 Å². The van der Waals surface area contributed by atoms with Crippen LogP contribution in [-0.2, 0) is 0 Å². The number of aliphatic hydroxyl groups is 1. The van der Waals surface area contributed by atoms with Crippen molar-refractivity contribution in [2.75, 3.05) is 11.9 Å². The predicted molar refractivity (Wildman–Crippen MR) is 70.9 cm³/mol. The zero-order valence-electron chi connectivity index (χ0n) is 10.8. The topological polar surface area (TPSA) is 32.3 Å². The fraction of sp³-hybridized carbons (Fsp3) is 0.200. The molecule has 2 aromatic carbocycles. The molecule has 2 nitrogen and oxygen atoms in total. The summed E-state index contributed by atoms with van der Waals surface area (Å²) in [6, 6.07) is 7.55. The van der Waals surface area contributed by atoms with Gasteiger partial charge in [-0.3, -0.25) is 0 Å². The lowest BCUT2D eigenvalue weighted by molar-refractivity contribution is 0.186. The number of anilines is 1. The SMILES string of the molecule is Cc1ccc(NCC(O)c2ccc(F)cc2F)c(F)c1. The average molecular weight is 281 g/mol. The van der Waals surface area contributed by atoms with Gasteiger partial charge in [0.2, 0.25) is 0 Å². The van der Waals surface area contributed by atoms with Crippen LogP contribution in [-0.4, -0.2) is 11.7 Å². The van der Waals surface area contributed by atoms with Crippen LogP contribution >= 0.6 is 0 Å². The van der Waals surface area contributed by atoms with Crippen LogP contribution in [0.25, 0.3) is 0 Å². The minimum Gasteiger partial charge on any atom is -0.386 e. The molecule has 0 aliphatic rings. The van der Waals surface area contributed by atoms with Crippen molar-refractivity contribution in [2.45, 2.75) is 13.0 Å². The average Bonchev–Trinajstić information content (AvgIpc) is 2.37. The summed E-state index contributed by atoms with van der Waals surface area (Å²) in [6.07, 6.45) is -1.20. The summed E-state index contributed by atoms with van der Waals surface area (Å²) in [6.45, 7) is 1.68. The Bertz CT molecular complexity index is 616. The summed E-state index contributed by atoms with van der Waals surface area (Å²) in [5.41, 5.74) is 0.960. The third kappa shape index (κ3) is 3.30. The van der Waals surface area contributed by atoms with Crippen LogP contribution in [0.3, 0.4) is 0 Å². The van der Waals surface area contributed by atoms with E-state index in [1.54, 1.807) is 19.1 Å². The molecule has 0 saturated carbocycles. The van der Waals surface area contributed by atoms with E-state index in [-0.39, 0.29) is 17.8 Å². The van der Waals surface area contributed by atoms with Gasteiger partial charge in [0.25, 0.3) is 0 Å². The molecule has 106 valence electrons. The van der Waals surface area contributed by atoms with Gasteiger partial charge in [-0.15, -0.1) is 0 Å². The Kier molecular flexibility index (Phi) is 4.29. The first-order valence-corrected chi connectivity index (χ1v) is 6.10. The number of aryl methyl sites for hydroxylation is 1. The molecule has 20 heavy (non-hydrogen) atoms. The summed E-state index contributed by atoms with van der Waals surface area (Å²) in [7, 11) is 0. The minimum atomic E-state index is -1.20. The van der Waals surface area contributed by atoms with Gasteiger partial charge in [0.15, 0.2) is 0 Å². The van der Waals surface area contributed by atoms with Gasteiger partial charge in [-0.25, -0.2) is 13.2 Å². The lowest BCUT2D eigenvalue weighted by Crippen LogP contribution is -2.14. The Labute approximate surface area is 114 Å². The predicted octanol–water partition coefficient (Wildman–Crippen LogP) is 3.56. The van der Waals surface area contributed by atoms with E-state index < -0.39 is 23.6 Å². The molecule has 0 saturated heterocycles. The van der Waals surface area contributed by atoms with Crippen LogP contribution in [0.5, 0.6) is 0 Å². The number of hydrogen-bond acceptors (Lipinski definition) is 2. The minimum absolute atomic E-state index is 0.0357. The van der Waals surface area contributed by atoms with E-state index in [1.807, 2.05) is 0 Å². The van der Waals surface area contributed by atoms with Gasteiger partial charge in [-0.2, -0.15) is 0 Å². The van der Waals surface area contributed by atoms with Crippen molar-refractivity contribution in [3.05, 3.63) is 65.0 Å². The van der Waals surface area contributed by atoms with Gasteiger partial charge >= 0.3 is 0 Å². The molecule has 1 unspecified atom stereocenters. The van der Waals surface area contributed by atoms with E-state index in [0.29, 0.717) is 6.07 Å². The van der Waals surface area contributed by atoms with Crippen LogP contribution in [0.15, 0.2) is 36.4 Å². The van der Waals surface area contributed by atoms with Crippen molar-refractivity contribution in [3.8, 4) is 0 Å². The van der Waals surface area contributed by atoms with Crippen molar-refractivity contribution in [2.24, 2.45) is 0 Å². The van der Waals surface area contributed by atoms with E-state index >= 15 is 0 Å². The van der Waals surface area contributed by atoms with Gasteiger partial charge in [0, 0.05) is 18.2 Å². The summed E-state index contributed by atoms with van der Waals surface area (Å²) >= 11 is 0. The molecule has 0 heterocycles. The van der Waals surface area contributed by atoms with Crippen LogP contribution in [0, 0.1) is 24.4 Å². The molecule has 1 atom stereocenters. The van der Waals surface area contributed by atoms with E-state index in [9.17, 15) is 18.3 Å². The number of benzene rings is 2. The standard InChI is InChI=1S/C15H14F3NO/c1-9-2-5-14(13(18)6-9)19-8-15(20)11-4-3-10(16)7-12(11)17/h2-7,15,19-20H,8H2,1H3. The Morgan fingerprint density at radius 2 is 1.80 bits per heavy atom. The molecule has 0 aliphatic carbocycles. The molecule has 0 amide bonds. The van der Waals surface area contributed by atoms with Crippen molar-refractivity contribution >= 4 is 5.69 Å². The molecule has 0 aromatic heterocycles. The van der Waals surface area contributed by atoms with Crippen LogP contribution in [0.4, 0.5) is 18.9 Å². The third-order valence-electron chi connectivity index (χ3n) is 2.93. The first-order chi connectivity index (χ1) is 9.47. The van der Waals surface area contributed by atoms with Crippen LogP contribution < -0.4 is 5.32 Å². The van der Waals surface area contributed by atoms with Gasteiger partial charge in [0.1, 0.15) is 17.5 Å². The molecule has 5 heteroatoms. The molecule has 2 aromatic rings. The summed E-state index contributed by atoms with van der Waals surface area (Å²) in [5, 5.41) is 12.5. The second-order valence-electron chi connectivity index (χ2n) is 4.55. The third-order valence-corrected chi connectivity index (χ3v) is 2.93. The molecule has 0 spiro atoms. The highest BCUT2D eigenvalue weighted by atomic mass is 19.1. The van der Waals surface area contributed by atoms with E-state index in [0.717, 1.165) is 11.6 Å². The van der Waals surface area contributed by atoms with E-state index in [1.165, 1.54) is 12.1 Å². The largest absolute Gasteiger partial charge is 0.386 e. The van der Waals surface area contributed by atoms with Crippen LogP contribution in [0.2, 0.25) is 0 Å². The molecule has 0 fully saturated rings. The normalized spacial score (nSPS) is 12.2. The summed E-state index contributed by atoms with van der Waals surface area (Å²) in [4.78, 5) is 0. The maximum absolute atomic E-state index is 13.6. The van der Waals surface area contributed by atoms with Gasteiger partial charge in [-0.05, 0) is 30.7 Å². The summed E-state index contributed by atoms with van der Waals surface area (Å²) in [5.74, 6) is -1.99. The number of hydrogen-bond donors (Lipinski definition) is 2. The smallest absolute Gasteiger partial charge is 0.146 e. The Balaban J connectivity index is 2.06. The highest BCUT2D eigenvalue weighted by Gasteiger charge is 2.14. The van der Waals surface area contributed by atoms with Crippen LogP contribution in [0.1, 0.15) is 17.2 Å². The number of halogens is 3. The molecule has 2 N–H and O–H groups in total. The Hall–Kier alpha value is -2.01. The first kappa shape index (κ1) is 14.4. The lowest BCUT2D eigenvalue weighted by atomic mass is 10.1. The van der Waals surface area contributed by atoms with E-state index in [2.05, 4.69) is 5.32 Å². The molecule has 0 aliphatic heterocycles. The monoisotopic (exact) mass is 281 g/mol. The fourth-order valence-corrected chi connectivity index (χ4v) is 1.85. The lowest BCUT2D eigenvalue weighted by Gasteiger charge is -2.14. The highest BCUT2D eigenvalue weighted by Crippen LogP contribution is 2.20. The molecular weight excluding hydrogens is 267 g/mol. The van der Waals surface area contributed by atoms with Crippen molar-refractivity contribution in [1.82, 2.24) is 0 Å². The Morgan fingerprint density at radius 1 is 1.05 bits per heavy atom. The fourth-order valence-electron chi connectivity index (χ4n) is 1.85. The van der Waals surface area contributed by atoms with Crippen molar-refractivity contribution < 1.29 is 18.3 Å². The highest BCUT2D eigenvalue weighted by molar-refractivity contribution is 5.46. The Morgan fingerprint density at radius 3 is 2.45 bits per heavy atom. The number of aliphatic hydroxyl groups excluding tert-OH is 1. The zero-order chi connectivity index (χ0) is 14.7. The second-order valence-corrected chi connectivity index (χ2v) is 4.55. The maximum Gasteiger partial charge on any atom is 0.146 e. The van der Waals surface area contributed by atoms with E-state index in [4.69, 9.17) is 0 Å². The zero-order valence-corrected chi connectivity index (χ0v) is 10.8. The molecular formula is C15H14F3NO. The molecule has 2 rings (SSSR count). The number of rotatable bonds is 4. The molecule has 0 radical (unpaired) electrons. The molecule has 0 bridgehead atoms. The second kappa shape index (κ2) is 5.96.